The molecule has 0 saturated heterocycles. The Morgan fingerprint density at radius 1 is 1.46 bits per heavy atom. The molecule has 0 atom stereocenters. The SMILES string of the molecule is [C-]#[N+]c1cc2c(ccn2C)cc1F. The van der Waals surface area contributed by atoms with Gasteiger partial charge in [-0.15, -0.1) is 0 Å². The van der Waals surface area contributed by atoms with Gasteiger partial charge in [0.15, 0.2) is 0 Å². The van der Waals surface area contributed by atoms with Crippen molar-refractivity contribution in [2.24, 2.45) is 7.05 Å². The molecule has 0 aliphatic rings. The van der Waals surface area contributed by atoms with Gasteiger partial charge in [0.1, 0.15) is 5.82 Å². The zero-order valence-corrected chi connectivity index (χ0v) is 7.08. The summed E-state index contributed by atoms with van der Waals surface area (Å²) in [5, 5.41) is 0.826. The van der Waals surface area contributed by atoms with E-state index in [4.69, 9.17) is 6.57 Å². The number of aryl methyl sites for hydroxylation is 1. The molecule has 2 nitrogen and oxygen atoms in total. The quantitative estimate of drug-likeness (QED) is 0.543. The normalized spacial score (nSPS) is 10.2. The van der Waals surface area contributed by atoms with Crippen LogP contribution in [0, 0.1) is 12.4 Å². The predicted molar refractivity (Wildman–Crippen MR) is 49.1 cm³/mol. The van der Waals surface area contributed by atoms with E-state index in [1.165, 1.54) is 6.07 Å². The van der Waals surface area contributed by atoms with Crippen molar-refractivity contribution in [3.8, 4) is 0 Å². The van der Waals surface area contributed by atoms with E-state index >= 15 is 0 Å². The van der Waals surface area contributed by atoms with Crippen molar-refractivity contribution in [3.05, 3.63) is 41.6 Å². The lowest BCUT2D eigenvalue weighted by atomic mass is 10.2. The molecule has 0 spiro atoms. The molecule has 3 heteroatoms. The molecular weight excluding hydrogens is 167 g/mol. The molecule has 0 amide bonds. The van der Waals surface area contributed by atoms with Crippen LogP contribution in [0.5, 0.6) is 0 Å². The molecule has 0 aliphatic carbocycles. The molecule has 0 bridgehead atoms. The van der Waals surface area contributed by atoms with Crippen LogP contribution in [0.15, 0.2) is 24.4 Å². The number of aromatic nitrogens is 1. The monoisotopic (exact) mass is 174 g/mol. The van der Waals surface area contributed by atoms with Crippen LogP contribution >= 0.6 is 0 Å². The summed E-state index contributed by atoms with van der Waals surface area (Å²) in [4.78, 5) is 3.10. The third-order valence-corrected chi connectivity index (χ3v) is 2.07. The van der Waals surface area contributed by atoms with Crippen molar-refractivity contribution in [2.45, 2.75) is 0 Å². The number of hydrogen-bond acceptors (Lipinski definition) is 0. The highest BCUT2D eigenvalue weighted by Crippen LogP contribution is 2.25. The molecule has 0 saturated carbocycles. The predicted octanol–water partition coefficient (Wildman–Crippen LogP) is 2.87. The van der Waals surface area contributed by atoms with Crippen LogP contribution in [0.3, 0.4) is 0 Å². The van der Waals surface area contributed by atoms with E-state index in [1.54, 1.807) is 6.07 Å². The molecule has 64 valence electrons. The first-order valence-electron chi connectivity index (χ1n) is 3.84. The third kappa shape index (κ3) is 1.07. The first-order chi connectivity index (χ1) is 6.22. The molecule has 0 fully saturated rings. The molecule has 1 heterocycles. The average Bonchev–Trinajstić information content (AvgIpc) is 2.46. The van der Waals surface area contributed by atoms with Gasteiger partial charge in [-0.2, -0.15) is 0 Å². The van der Waals surface area contributed by atoms with E-state index in [-0.39, 0.29) is 5.69 Å². The number of benzene rings is 1. The fourth-order valence-corrected chi connectivity index (χ4v) is 1.36. The highest BCUT2D eigenvalue weighted by atomic mass is 19.1. The van der Waals surface area contributed by atoms with E-state index in [0.717, 1.165) is 10.9 Å². The lowest BCUT2D eigenvalue weighted by Gasteiger charge is -1.97. The number of hydrogen-bond donors (Lipinski definition) is 0. The minimum Gasteiger partial charge on any atom is -0.352 e. The lowest BCUT2D eigenvalue weighted by Crippen LogP contribution is -1.84. The van der Waals surface area contributed by atoms with E-state index < -0.39 is 5.82 Å². The first kappa shape index (κ1) is 7.81. The fourth-order valence-electron chi connectivity index (χ4n) is 1.36. The van der Waals surface area contributed by atoms with Crippen LogP contribution < -0.4 is 0 Å². The maximum absolute atomic E-state index is 13.1. The summed E-state index contributed by atoms with van der Waals surface area (Å²) in [5.74, 6) is -0.450. The molecular formula is C10H7FN2. The van der Waals surface area contributed by atoms with E-state index in [0.29, 0.717) is 0 Å². The molecule has 2 aromatic rings. The van der Waals surface area contributed by atoms with Crippen LogP contribution in [0.25, 0.3) is 15.7 Å². The Hall–Kier alpha value is -1.82. The van der Waals surface area contributed by atoms with Gasteiger partial charge in [-0.3, -0.25) is 0 Å². The second-order valence-electron chi connectivity index (χ2n) is 2.90. The van der Waals surface area contributed by atoms with Gasteiger partial charge < -0.3 is 4.57 Å². The van der Waals surface area contributed by atoms with E-state index in [9.17, 15) is 4.39 Å². The van der Waals surface area contributed by atoms with Gasteiger partial charge >= 0.3 is 0 Å². The Kier molecular flexibility index (Phi) is 1.56. The average molecular weight is 174 g/mol. The molecule has 1 aromatic carbocycles. The van der Waals surface area contributed by atoms with Crippen molar-refractivity contribution in [1.29, 1.82) is 0 Å². The Morgan fingerprint density at radius 2 is 2.23 bits per heavy atom. The number of nitrogens with zero attached hydrogens (tertiary/aromatic N) is 2. The van der Waals surface area contributed by atoms with Crippen LogP contribution in [0.2, 0.25) is 0 Å². The summed E-state index contributed by atoms with van der Waals surface area (Å²) in [5.41, 5.74) is 0.960. The van der Waals surface area contributed by atoms with Gasteiger partial charge in [-0.25, -0.2) is 9.24 Å². The Morgan fingerprint density at radius 3 is 2.92 bits per heavy atom. The maximum Gasteiger partial charge on any atom is 0.224 e. The second kappa shape index (κ2) is 2.60. The number of halogens is 1. The Labute approximate surface area is 75.0 Å². The molecule has 0 unspecified atom stereocenters. The maximum atomic E-state index is 13.1. The van der Waals surface area contributed by atoms with E-state index in [1.807, 2.05) is 23.9 Å². The summed E-state index contributed by atoms with van der Waals surface area (Å²) in [6, 6.07) is 4.78. The van der Waals surface area contributed by atoms with Crippen LogP contribution in [-0.2, 0) is 7.05 Å². The zero-order chi connectivity index (χ0) is 9.42. The Balaban J connectivity index is 2.86. The van der Waals surface area contributed by atoms with Crippen LogP contribution in [-0.4, -0.2) is 4.57 Å². The van der Waals surface area contributed by atoms with Crippen molar-refractivity contribution in [3.63, 3.8) is 0 Å². The standard InChI is InChI=1S/C10H7FN2/c1-12-9-6-10-7(5-8(9)11)3-4-13(10)2/h3-6H,2H3. The van der Waals surface area contributed by atoms with Crippen LogP contribution in [0.1, 0.15) is 0 Å². The molecule has 0 aliphatic heterocycles. The second-order valence-corrected chi connectivity index (χ2v) is 2.90. The smallest absolute Gasteiger partial charge is 0.224 e. The van der Waals surface area contributed by atoms with Gasteiger partial charge in [0, 0.05) is 18.8 Å². The number of fused-ring (bicyclic) bond motifs is 1. The van der Waals surface area contributed by atoms with Crippen molar-refractivity contribution in [2.75, 3.05) is 0 Å². The Bertz CT molecular complexity index is 505. The van der Waals surface area contributed by atoms with Crippen molar-refractivity contribution >= 4 is 16.6 Å². The first-order valence-corrected chi connectivity index (χ1v) is 3.84. The summed E-state index contributed by atoms with van der Waals surface area (Å²) in [6.45, 7) is 6.76. The fraction of sp³-hybridized carbons (Fsp3) is 0.100. The molecule has 1 aromatic heterocycles. The van der Waals surface area contributed by atoms with Gasteiger partial charge in [0.2, 0.25) is 5.69 Å². The van der Waals surface area contributed by atoms with Gasteiger partial charge in [-0.1, -0.05) is 0 Å². The lowest BCUT2D eigenvalue weighted by molar-refractivity contribution is 0.635. The topological polar surface area (TPSA) is 9.29 Å². The minimum atomic E-state index is -0.450. The van der Waals surface area contributed by atoms with Crippen LogP contribution in [0.4, 0.5) is 10.1 Å². The summed E-state index contributed by atoms with van der Waals surface area (Å²) in [6.07, 6.45) is 1.85. The molecule has 0 N–H and O–H groups in total. The van der Waals surface area contributed by atoms with Crippen molar-refractivity contribution in [1.82, 2.24) is 4.57 Å². The zero-order valence-electron chi connectivity index (χ0n) is 7.08. The molecule has 2 rings (SSSR count). The highest BCUT2D eigenvalue weighted by Gasteiger charge is 2.05. The summed E-state index contributed by atoms with van der Waals surface area (Å²) >= 11 is 0. The number of rotatable bonds is 0. The summed E-state index contributed by atoms with van der Waals surface area (Å²) in [7, 11) is 1.87. The summed E-state index contributed by atoms with van der Waals surface area (Å²) < 4.78 is 15.0. The molecule has 13 heavy (non-hydrogen) atoms. The third-order valence-electron chi connectivity index (χ3n) is 2.07. The van der Waals surface area contributed by atoms with Gasteiger partial charge in [0.05, 0.1) is 6.57 Å². The largest absolute Gasteiger partial charge is 0.352 e. The van der Waals surface area contributed by atoms with Gasteiger partial charge in [-0.05, 0) is 23.6 Å². The molecule has 0 radical (unpaired) electrons. The highest BCUT2D eigenvalue weighted by molar-refractivity contribution is 5.84. The minimum absolute atomic E-state index is 0.0781. The van der Waals surface area contributed by atoms with Gasteiger partial charge in [0.25, 0.3) is 0 Å². The van der Waals surface area contributed by atoms with Crippen molar-refractivity contribution < 1.29 is 4.39 Å². The van der Waals surface area contributed by atoms with E-state index in [2.05, 4.69) is 4.85 Å².